The van der Waals surface area contributed by atoms with Gasteiger partial charge >= 0.3 is 0 Å². The lowest BCUT2D eigenvalue weighted by Gasteiger charge is -2.34. The van der Waals surface area contributed by atoms with E-state index in [1.165, 1.54) is 10.9 Å². The molecule has 1 aromatic heterocycles. The van der Waals surface area contributed by atoms with E-state index in [9.17, 15) is 9.18 Å². The summed E-state index contributed by atoms with van der Waals surface area (Å²) in [6.45, 7) is 4.63. The van der Waals surface area contributed by atoms with Crippen LogP contribution in [-0.2, 0) is 11.3 Å². The van der Waals surface area contributed by atoms with Crippen LogP contribution in [0, 0.1) is 5.82 Å². The van der Waals surface area contributed by atoms with E-state index in [2.05, 4.69) is 22.3 Å². The summed E-state index contributed by atoms with van der Waals surface area (Å²) in [6, 6.07) is 10.9. The number of amides is 1. The van der Waals surface area contributed by atoms with Gasteiger partial charge in [-0.05, 0) is 36.9 Å². The number of rotatable bonds is 5. The Hall–Kier alpha value is -1.47. The number of carbonyl (C=O) groups is 1. The molecule has 1 amide bonds. The van der Waals surface area contributed by atoms with Gasteiger partial charge in [0, 0.05) is 42.5 Å². The lowest BCUT2D eigenvalue weighted by Crippen LogP contribution is -2.50. The van der Waals surface area contributed by atoms with Gasteiger partial charge in [0.2, 0.25) is 5.91 Å². The third kappa shape index (κ3) is 5.25. The second-order valence-electron chi connectivity index (χ2n) is 5.96. The number of carbonyl (C=O) groups excluding carboxylic acids is 1. The van der Waals surface area contributed by atoms with E-state index < -0.39 is 0 Å². The molecule has 1 fully saturated rings. The maximum Gasteiger partial charge on any atom is 0.236 e. The normalized spacial score (nSPS) is 15.0. The molecule has 0 aliphatic carbocycles. The van der Waals surface area contributed by atoms with E-state index in [4.69, 9.17) is 0 Å². The van der Waals surface area contributed by atoms with Crippen molar-refractivity contribution in [1.29, 1.82) is 0 Å². The van der Waals surface area contributed by atoms with Crippen molar-refractivity contribution in [3.8, 4) is 10.4 Å². The molecule has 2 aromatic rings. The number of benzene rings is 1. The number of hydrogen-bond acceptors (Lipinski definition) is 4. The van der Waals surface area contributed by atoms with E-state index in [0.717, 1.165) is 43.2 Å². The van der Waals surface area contributed by atoms with E-state index >= 15 is 0 Å². The van der Waals surface area contributed by atoms with Gasteiger partial charge in [0.05, 0.1) is 6.54 Å². The minimum absolute atomic E-state index is 0. The average Bonchev–Trinajstić information content (AvgIpc) is 3.04. The average molecular weight is 384 g/mol. The van der Waals surface area contributed by atoms with Gasteiger partial charge in [0.1, 0.15) is 5.82 Å². The highest BCUT2D eigenvalue weighted by molar-refractivity contribution is 7.15. The Balaban J connectivity index is 0.00000225. The largest absolute Gasteiger partial charge is 0.339 e. The van der Waals surface area contributed by atoms with Crippen LogP contribution in [0.2, 0.25) is 0 Å². The number of nitrogens with one attached hydrogen (secondary N) is 1. The molecule has 0 spiro atoms. The molecule has 2 heterocycles. The second-order valence-corrected chi connectivity index (χ2v) is 7.13. The Bertz CT molecular complexity index is 701. The Morgan fingerprint density at radius 3 is 2.64 bits per heavy atom. The quantitative estimate of drug-likeness (QED) is 0.862. The van der Waals surface area contributed by atoms with Gasteiger partial charge in [-0.15, -0.1) is 23.7 Å². The van der Waals surface area contributed by atoms with Crippen LogP contribution in [-0.4, -0.2) is 55.5 Å². The molecule has 25 heavy (non-hydrogen) atoms. The number of nitrogens with zero attached hydrogens (tertiary/aromatic N) is 2. The fourth-order valence-electron chi connectivity index (χ4n) is 2.90. The summed E-state index contributed by atoms with van der Waals surface area (Å²) in [4.78, 5) is 18.5. The first-order valence-corrected chi connectivity index (χ1v) is 8.97. The molecule has 1 aromatic carbocycles. The first-order valence-electron chi connectivity index (χ1n) is 8.15. The fourth-order valence-corrected chi connectivity index (χ4v) is 3.95. The van der Waals surface area contributed by atoms with Crippen LogP contribution in [0.15, 0.2) is 36.4 Å². The lowest BCUT2D eigenvalue weighted by atomic mass is 10.2. The van der Waals surface area contributed by atoms with Crippen LogP contribution in [0.25, 0.3) is 10.4 Å². The predicted molar refractivity (Wildman–Crippen MR) is 103 cm³/mol. The lowest BCUT2D eigenvalue weighted by molar-refractivity contribution is -0.131. The number of halogens is 2. The van der Waals surface area contributed by atoms with Crippen LogP contribution < -0.4 is 5.32 Å². The highest BCUT2D eigenvalue weighted by atomic mass is 35.5. The second kappa shape index (κ2) is 9.29. The number of thiophene rings is 1. The van der Waals surface area contributed by atoms with Crippen LogP contribution in [0.4, 0.5) is 4.39 Å². The maximum absolute atomic E-state index is 13.3. The van der Waals surface area contributed by atoms with Crippen LogP contribution in [0.5, 0.6) is 0 Å². The van der Waals surface area contributed by atoms with Gasteiger partial charge in [-0.3, -0.25) is 9.69 Å². The number of hydrogen-bond donors (Lipinski definition) is 1. The van der Waals surface area contributed by atoms with Crippen LogP contribution >= 0.6 is 23.7 Å². The van der Waals surface area contributed by atoms with Crippen molar-refractivity contribution in [2.24, 2.45) is 0 Å². The SMILES string of the molecule is CNCC(=O)N1CCN(Cc2ccc(-c3cccc(F)c3)s2)CC1.Cl. The topological polar surface area (TPSA) is 35.6 Å². The Kier molecular flexibility index (Phi) is 7.38. The summed E-state index contributed by atoms with van der Waals surface area (Å²) < 4.78 is 13.3. The first kappa shape index (κ1) is 19.8. The van der Waals surface area contributed by atoms with Gasteiger partial charge in [0.25, 0.3) is 0 Å². The van der Waals surface area contributed by atoms with Gasteiger partial charge in [-0.2, -0.15) is 0 Å². The van der Waals surface area contributed by atoms with E-state index in [-0.39, 0.29) is 24.1 Å². The fraction of sp³-hybridized carbons (Fsp3) is 0.389. The molecular weight excluding hydrogens is 361 g/mol. The van der Waals surface area contributed by atoms with Crippen molar-refractivity contribution in [2.75, 3.05) is 39.8 Å². The van der Waals surface area contributed by atoms with Gasteiger partial charge < -0.3 is 10.2 Å². The zero-order valence-corrected chi connectivity index (χ0v) is 15.8. The smallest absolute Gasteiger partial charge is 0.236 e. The minimum atomic E-state index is -0.204. The predicted octanol–water partition coefficient (Wildman–Crippen LogP) is 2.84. The molecule has 4 nitrogen and oxygen atoms in total. The van der Waals surface area contributed by atoms with Gasteiger partial charge in [-0.1, -0.05) is 12.1 Å². The minimum Gasteiger partial charge on any atom is -0.339 e. The van der Waals surface area contributed by atoms with Crippen molar-refractivity contribution < 1.29 is 9.18 Å². The Labute approximate surface area is 158 Å². The molecule has 0 radical (unpaired) electrons. The highest BCUT2D eigenvalue weighted by Crippen LogP contribution is 2.29. The van der Waals surface area contributed by atoms with Crippen molar-refractivity contribution in [2.45, 2.75) is 6.54 Å². The molecule has 1 N–H and O–H groups in total. The summed E-state index contributed by atoms with van der Waals surface area (Å²) in [5.41, 5.74) is 0.925. The van der Waals surface area contributed by atoms with Gasteiger partial charge in [-0.25, -0.2) is 4.39 Å². The van der Waals surface area contributed by atoms with Crippen molar-refractivity contribution in [3.05, 3.63) is 47.1 Å². The molecular formula is C18H23ClFN3OS. The van der Waals surface area contributed by atoms with Crippen molar-refractivity contribution in [3.63, 3.8) is 0 Å². The summed E-state index contributed by atoms with van der Waals surface area (Å²) in [6.07, 6.45) is 0. The molecule has 136 valence electrons. The molecule has 1 aliphatic heterocycles. The summed E-state index contributed by atoms with van der Waals surface area (Å²) in [7, 11) is 1.79. The zero-order valence-electron chi connectivity index (χ0n) is 14.2. The van der Waals surface area contributed by atoms with Crippen LogP contribution in [0.1, 0.15) is 4.88 Å². The number of piperazine rings is 1. The number of likely N-dealkylation sites (N-methyl/N-ethyl adjacent to an activating group) is 1. The van der Waals surface area contributed by atoms with Crippen LogP contribution in [0.3, 0.4) is 0 Å². The van der Waals surface area contributed by atoms with E-state index in [0.29, 0.717) is 6.54 Å². The molecule has 3 rings (SSSR count). The summed E-state index contributed by atoms with van der Waals surface area (Å²) in [5.74, 6) is -0.0357. The molecule has 0 saturated carbocycles. The standard InChI is InChI=1S/C18H22FN3OS.ClH/c1-20-12-18(23)22-9-7-21(8-10-22)13-16-5-6-17(24-16)14-3-2-4-15(19)11-14;/h2-6,11,20H,7-10,12-13H2,1H3;1H. The summed E-state index contributed by atoms with van der Waals surface area (Å²) in [5, 5.41) is 2.91. The molecule has 1 aliphatic rings. The van der Waals surface area contributed by atoms with Crippen molar-refractivity contribution in [1.82, 2.24) is 15.1 Å². The van der Waals surface area contributed by atoms with E-state index in [1.807, 2.05) is 11.0 Å². The molecule has 1 saturated heterocycles. The Morgan fingerprint density at radius 1 is 1.20 bits per heavy atom. The zero-order chi connectivity index (χ0) is 16.9. The Morgan fingerprint density at radius 2 is 1.96 bits per heavy atom. The third-order valence-electron chi connectivity index (χ3n) is 4.20. The monoisotopic (exact) mass is 383 g/mol. The third-order valence-corrected chi connectivity index (χ3v) is 5.32. The molecule has 7 heteroatoms. The van der Waals surface area contributed by atoms with E-state index in [1.54, 1.807) is 30.5 Å². The van der Waals surface area contributed by atoms with Gasteiger partial charge in [0.15, 0.2) is 0 Å². The maximum atomic E-state index is 13.3. The molecule has 0 bridgehead atoms. The molecule has 0 unspecified atom stereocenters. The highest BCUT2D eigenvalue weighted by Gasteiger charge is 2.20. The van der Waals surface area contributed by atoms with Crippen molar-refractivity contribution >= 4 is 29.7 Å². The first-order chi connectivity index (χ1) is 11.7. The summed E-state index contributed by atoms with van der Waals surface area (Å²) >= 11 is 1.70. The molecule has 0 atom stereocenters.